The summed E-state index contributed by atoms with van der Waals surface area (Å²) in [5.74, 6) is -6.28. The topological polar surface area (TPSA) is 77.0 Å². The highest BCUT2D eigenvalue weighted by atomic mass is 35.5. The summed E-state index contributed by atoms with van der Waals surface area (Å²) in [5.41, 5.74) is 5.23. The van der Waals surface area contributed by atoms with Crippen molar-refractivity contribution in [1.82, 2.24) is 19.4 Å². The van der Waals surface area contributed by atoms with Gasteiger partial charge in [-0.15, -0.1) is 12.4 Å². The van der Waals surface area contributed by atoms with Crippen molar-refractivity contribution in [3.8, 4) is 11.3 Å². The average Bonchev–Trinajstić information content (AvgIpc) is 3.17. The third-order valence-electron chi connectivity index (χ3n) is 5.65. The standard InChI is InChI=1S/C22H18F7N5O.ClH/c23-14-8-16(25)15(24)6-11(14)5-12(30)7-19(35)33-3-4-34-18(10-33)20(32-21(34)22(27,28)29)13-1-2-31-9-17(13)26;/h1-2,6,8-9,12H,3-5,7,10,30H2;1H. The Labute approximate surface area is 206 Å². The number of rotatable bonds is 5. The van der Waals surface area contributed by atoms with E-state index in [0.29, 0.717) is 12.1 Å². The molecule has 0 spiro atoms. The van der Waals surface area contributed by atoms with Gasteiger partial charge in [-0.3, -0.25) is 9.78 Å². The maximum Gasteiger partial charge on any atom is 0.449 e. The maximum absolute atomic E-state index is 14.3. The lowest BCUT2D eigenvalue weighted by molar-refractivity contribution is -0.148. The third kappa shape index (κ3) is 5.46. The number of alkyl halides is 3. The Balaban J connectivity index is 0.00000361. The fourth-order valence-corrected chi connectivity index (χ4v) is 4.01. The number of fused-ring (bicyclic) bond motifs is 1. The van der Waals surface area contributed by atoms with Crippen molar-refractivity contribution in [3.63, 3.8) is 0 Å². The van der Waals surface area contributed by atoms with Crippen LogP contribution in [0.5, 0.6) is 0 Å². The molecular formula is C22H19ClF7N5O. The first-order chi connectivity index (χ1) is 16.5. The van der Waals surface area contributed by atoms with Gasteiger partial charge in [0.1, 0.15) is 5.82 Å². The lowest BCUT2D eigenvalue weighted by Gasteiger charge is -2.30. The molecule has 1 amide bonds. The van der Waals surface area contributed by atoms with Crippen LogP contribution in [0.15, 0.2) is 30.6 Å². The van der Waals surface area contributed by atoms with E-state index >= 15 is 0 Å². The summed E-state index contributed by atoms with van der Waals surface area (Å²) in [7, 11) is 0. The molecule has 3 aromatic rings. The minimum Gasteiger partial charge on any atom is -0.335 e. The van der Waals surface area contributed by atoms with E-state index in [4.69, 9.17) is 5.73 Å². The van der Waals surface area contributed by atoms with Crippen molar-refractivity contribution in [2.24, 2.45) is 5.73 Å². The van der Waals surface area contributed by atoms with Crippen LogP contribution >= 0.6 is 12.4 Å². The van der Waals surface area contributed by atoms with Gasteiger partial charge in [-0.05, 0) is 24.1 Å². The number of hydrogen-bond donors (Lipinski definition) is 1. The van der Waals surface area contributed by atoms with Crippen molar-refractivity contribution in [2.75, 3.05) is 6.54 Å². The number of imidazole rings is 1. The number of halogens is 8. The van der Waals surface area contributed by atoms with Crippen molar-refractivity contribution in [1.29, 1.82) is 0 Å². The summed E-state index contributed by atoms with van der Waals surface area (Å²) in [4.78, 5) is 21.3. The smallest absolute Gasteiger partial charge is 0.335 e. The van der Waals surface area contributed by atoms with Crippen molar-refractivity contribution in [3.05, 3.63) is 70.9 Å². The summed E-state index contributed by atoms with van der Waals surface area (Å²) >= 11 is 0. The van der Waals surface area contributed by atoms with Gasteiger partial charge in [-0.25, -0.2) is 22.5 Å². The van der Waals surface area contributed by atoms with Gasteiger partial charge in [0.2, 0.25) is 11.7 Å². The molecule has 14 heteroatoms. The first-order valence-corrected chi connectivity index (χ1v) is 10.4. The molecule has 0 radical (unpaired) electrons. The van der Waals surface area contributed by atoms with Crippen LogP contribution in [0.2, 0.25) is 0 Å². The number of carbonyl (C=O) groups is 1. The zero-order valence-electron chi connectivity index (χ0n) is 18.3. The average molecular weight is 538 g/mol. The molecule has 1 unspecified atom stereocenters. The highest BCUT2D eigenvalue weighted by Crippen LogP contribution is 2.36. The minimum atomic E-state index is -4.81. The number of nitrogens with two attached hydrogens (primary N) is 1. The Kier molecular flexibility index (Phi) is 7.94. The van der Waals surface area contributed by atoms with Crippen molar-refractivity contribution >= 4 is 18.3 Å². The van der Waals surface area contributed by atoms with Crippen LogP contribution in [-0.4, -0.2) is 37.9 Å². The number of nitrogens with zero attached hydrogens (tertiary/aromatic N) is 4. The van der Waals surface area contributed by atoms with Gasteiger partial charge in [0, 0.05) is 43.4 Å². The van der Waals surface area contributed by atoms with Crippen LogP contribution in [0, 0.1) is 23.3 Å². The number of carbonyl (C=O) groups excluding carboxylic acids is 1. The summed E-state index contributed by atoms with van der Waals surface area (Å²) in [6, 6.07) is 1.24. The summed E-state index contributed by atoms with van der Waals surface area (Å²) in [5, 5.41) is 0. The number of amides is 1. The number of pyridine rings is 1. The molecule has 0 aliphatic carbocycles. The molecule has 0 saturated heterocycles. The fraction of sp³-hybridized carbons (Fsp3) is 0.318. The molecule has 36 heavy (non-hydrogen) atoms. The molecular weight excluding hydrogens is 519 g/mol. The Morgan fingerprint density at radius 2 is 1.75 bits per heavy atom. The van der Waals surface area contributed by atoms with Crippen LogP contribution in [-0.2, 0) is 30.5 Å². The molecule has 1 aliphatic heterocycles. The van der Waals surface area contributed by atoms with Gasteiger partial charge in [0.05, 0.1) is 24.1 Å². The van der Waals surface area contributed by atoms with E-state index in [2.05, 4.69) is 9.97 Å². The highest BCUT2D eigenvalue weighted by Gasteiger charge is 2.41. The molecule has 0 saturated carbocycles. The van der Waals surface area contributed by atoms with Crippen LogP contribution in [0.1, 0.15) is 23.5 Å². The summed E-state index contributed by atoms with van der Waals surface area (Å²) in [6.45, 7) is -0.649. The molecule has 2 N–H and O–H groups in total. The van der Waals surface area contributed by atoms with Gasteiger partial charge in [-0.1, -0.05) is 0 Å². The first kappa shape index (κ1) is 27.4. The van der Waals surface area contributed by atoms with Gasteiger partial charge in [-0.2, -0.15) is 13.2 Å². The Morgan fingerprint density at radius 1 is 1.06 bits per heavy atom. The Bertz CT molecular complexity index is 1280. The van der Waals surface area contributed by atoms with Crippen LogP contribution in [0.3, 0.4) is 0 Å². The largest absolute Gasteiger partial charge is 0.449 e. The minimum absolute atomic E-state index is 0. The third-order valence-corrected chi connectivity index (χ3v) is 5.65. The second kappa shape index (κ2) is 10.4. The van der Waals surface area contributed by atoms with Gasteiger partial charge < -0.3 is 15.2 Å². The fourth-order valence-electron chi connectivity index (χ4n) is 4.01. The summed E-state index contributed by atoms with van der Waals surface area (Å²) < 4.78 is 96.3. The molecule has 2 aromatic heterocycles. The van der Waals surface area contributed by atoms with Crippen LogP contribution in [0.4, 0.5) is 30.7 Å². The van der Waals surface area contributed by atoms with Crippen molar-refractivity contribution < 1.29 is 35.5 Å². The second-order valence-electron chi connectivity index (χ2n) is 8.08. The molecule has 0 fully saturated rings. The monoisotopic (exact) mass is 537 g/mol. The number of aromatic nitrogens is 3. The molecule has 194 valence electrons. The zero-order valence-corrected chi connectivity index (χ0v) is 19.1. The van der Waals surface area contributed by atoms with E-state index in [-0.39, 0.29) is 67.4 Å². The van der Waals surface area contributed by atoms with E-state index in [1.54, 1.807) is 0 Å². The number of hydrogen-bond acceptors (Lipinski definition) is 4. The SMILES string of the molecule is Cl.NC(CC(=O)N1CCn2c(C(F)(F)F)nc(-c3ccncc3F)c2C1)Cc1cc(F)c(F)cc1F. The predicted molar refractivity (Wildman–Crippen MR) is 116 cm³/mol. The van der Waals surface area contributed by atoms with E-state index in [1.165, 1.54) is 17.2 Å². The molecule has 0 bridgehead atoms. The molecule has 3 heterocycles. The lowest BCUT2D eigenvalue weighted by atomic mass is 10.0. The van der Waals surface area contributed by atoms with Crippen LogP contribution < -0.4 is 5.73 Å². The maximum atomic E-state index is 14.3. The van der Waals surface area contributed by atoms with E-state index in [0.717, 1.165) is 10.8 Å². The van der Waals surface area contributed by atoms with Gasteiger partial charge in [0.15, 0.2) is 17.5 Å². The van der Waals surface area contributed by atoms with Crippen LogP contribution in [0.25, 0.3) is 11.3 Å². The summed E-state index contributed by atoms with van der Waals surface area (Å²) in [6.07, 6.45) is -3.36. The Morgan fingerprint density at radius 3 is 2.42 bits per heavy atom. The highest BCUT2D eigenvalue weighted by molar-refractivity contribution is 5.85. The van der Waals surface area contributed by atoms with Crippen molar-refractivity contribution in [2.45, 2.75) is 38.1 Å². The zero-order chi connectivity index (χ0) is 25.5. The normalized spacial score (nSPS) is 14.3. The lowest BCUT2D eigenvalue weighted by Crippen LogP contribution is -2.42. The molecule has 6 nitrogen and oxygen atoms in total. The predicted octanol–water partition coefficient (Wildman–Crippen LogP) is 4.24. The number of benzene rings is 1. The van der Waals surface area contributed by atoms with E-state index in [9.17, 15) is 35.5 Å². The molecule has 1 aliphatic rings. The molecule has 1 atom stereocenters. The molecule has 1 aromatic carbocycles. The van der Waals surface area contributed by atoms with Gasteiger partial charge in [0.25, 0.3) is 0 Å². The van der Waals surface area contributed by atoms with Gasteiger partial charge >= 0.3 is 6.18 Å². The quantitative estimate of drug-likeness (QED) is 0.390. The Hall–Kier alpha value is -3.19. The first-order valence-electron chi connectivity index (χ1n) is 10.4. The van der Waals surface area contributed by atoms with E-state index in [1.807, 2.05) is 0 Å². The molecule has 4 rings (SSSR count). The second-order valence-corrected chi connectivity index (χ2v) is 8.08. The van der Waals surface area contributed by atoms with E-state index < -0.39 is 47.2 Å².